The van der Waals surface area contributed by atoms with Crippen molar-refractivity contribution in [1.29, 1.82) is 0 Å². The molecule has 0 radical (unpaired) electrons. The number of hydrogen-bond donors (Lipinski definition) is 2. The summed E-state index contributed by atoms with van der Waals surface area (Å²) >= 11 is 6.55. The van der Waals surface area contributed by atoms with Gasteiger partial charge in [0.25, 0.3) is 0 Å². The first-order valence-corrected chi connectivity index (χ1v) is 12.8. The number of likely N-dealkylation sites (tertiary alicyclic amines) is 1. The Morgan fingerprint density at radius 2 is 2.00 bits per heavy atom. The van der Waals surface area contributed by atoms with Crippen molar-refractivity contribution >= 4 is 45.2 Å². The molecule has 2 unspecified atom stereocenters. The topological polar surface area (TPSA) is 130 Å². The number of nitrogens with one attached hydrogen (secondary N) is 1. The fraction of sp³-hybridized carbons (Fsp3) is 0.348. The van der Waals surface area contributed by atoms with Gasteiger partial charge in [-0.2, -0.15) is 0 Å². The zero-order valence-corrected chi connectivity index (χ0v) is 20.1. The standard InChI is InChI=1S/C23H23ClN2O7S/c1-13-9-17(14-5-3-6-15(10-14)25-34(2,31)32)18(24)11-16(13)19-20(27)23(33-21(19)28)7-4-8-26(12-23)22(29)30/h3,5-6,9-11,19,25H,4,7-8,12H2,1-2H3,(H,29,30). The van der Waals surface area contributed by atoms with Crippen LogP contribution in [0.4, 0.5) is 10.5 Å². The fourth-order valence-electron chi connectivity index (χ4n) is 4.60. The van der Waals surface area contributed by atoms with Crippen molar-refractivity contribution < 1.29 is 32.6 Å². The molecule has 2 aromatic carbocycles. The number of carboxylic acid groups (broad SMARTS) is 1. The van der Waals surface area contributed by atoms with Gasteiger partial charge in [-0.3, -0.25) is 14.3 Å². The highest BCUT2D eigenvalue weighted by molar-refractivity contribution is 7.92. The Morgan fingerprint density at radius 3 is 2.68 bits per heavy atom. The predicted molar refractivity (Wildman–Crippen MR) is 125 cm³/mol. The van der Waals surface area contributed by atoms with E-state index in [2.05, 4.69) is 4.72 Å². The molecule has 2 aromatic rings. The first-order valence-electron chi connectivity index (χ1n) is 10.5. The van der Waals surface area contributed by atoms with Crippen molar-refractivity contribution in [3.05, 3.63) is 52.5 Å². The number of ketones is 1. The van der Waals surface area contributed by atoms with Gasteiger partial charge in [0.05, 0.1) is 12.8 Å². The summed E-state index contributed by atoms with van der Waals surface area (Å²) in [5.41, 5.74) is 1.16. The molecular weight excluding hydrogens is 484 g/mol. The number of nitrogens with zero attached hydrogens (tertiary/aromatic N) is 1. The monoisotopic (exact) mass is 506 g/mol. The van der Waals surface area contributed by atoms with Crippen molar-refractivity contribution in [2.45, 2.75) is 31.3 Å². The third-order valence-corrected chi connectivity index (χ3v) is 7.03. The highest BCUT2D eigenvalue weighted by Gasteiger charge is 2.58. The minimum atomic E-state index is -3.46. The van der Waals surface area contributed by atoms with Gasteiger partial charge in [0.1, 0.15) is 5.92 Å². The zero-order chi connectivity index (χ0) is 24.8. The number of hydrogen-bond acceptors (Lipinski definition) is 6. The first-order chi connectivity index (χ1) is 15.9. The Hall–Kier alpha value is -3.11. The van der Waals surface area contributed by atoms with Crippen LogP contribution < -0.4 is 4.72 Å². The van der Waals surface area contributed by atoms with Crippen LogP contribution in [-0.4, -0.2) is 61.2 Å². The highest BCUT2D eigenvalue weighted by Crippen LogP contribution is 2.43. The van der Waals surface area contributed by atoms with Crippen LogP contribution in [0.5, 0.6) is 0 Å². The molecule has 4 rings (SSSR count). The largest absolute Gasteiger partial charge is 0.465 e. The lowest BCUT2D eigenvalue weighted by atomic mass is 9.81. The van der Waals surface area contributed by atoms with Crippen molar-refractivity contribution in [2.75, 3.05) is 24.1 Å². The summed E-state index contributed by atoms with van der Waals surface area (Å²) in [7, 11) is -3.46. The van der Waals surface area contributed by atoms with Gasteiger partial charge in [-0.1, -0.05) is 23.7 Å². The lowest BCUT2D eigenvalue weighted by Gasteiger charge is -2.36. The summed E-state index contributed by atoms with van der Waals surface area (Å²) in [6, 6.07) is 9.96. The Morgan fingerprint density at radius 1 is 1.26 bits per heavy atom. The summed E-state index contributed by atoms with van der Waals surface area (Å²) < 4.78 is 31.1. The predicted octanol–water partition coefficient (Wildman–Crippen LogP) is 3.41. The van der Waals surface area contributed by atoms with Crippen LogP contribution in [0.2, 0.25) is 5.02 Å². The molecule has 11 heteroatoms. The number of aryl methyl sites for hydroxylation is 1. The molecule has 0 saturated carbocycles. The van der Waals surface area contributed by atoms with Gasteiger partial charge in [0.2, 0.25) is 10.0 Å². The number of sulfonamides is 1. The van der Waals surface area contributed by atoms with E-state index in [0.717, 1.165) is 11.2 Å². The number of piperidine rings is 1. The molecule has 0 aliphatic carbocycles. The molecule has 1 amide bonds. The second-order valence-electron chi connectivity index (χ2n) is 8.66. The van der Waals surface area contributed by atoms with E-state index in [9.17, 15) is 27.9 Å². The fourth-order valence-corrected chi connectivity index (χ4v) is 5.44. The van der Waals surface area contributed by atoms with Gasteiger partial charge in [-0.05, 0) is 60.7 Å². The molecule has 1 spiro atoms. The number of carbonyl (C=O) groups excluding carboxylic acids is 2. The molecule has 2 N–H and O–H groups in total. The average molecular weight is 507 g/mol. The zero-order valence-electron chi connectivity index (χ0n) is 18.5. The minimum Gasteiger partial charge on any atom is -0.465 e. The van der Waals surface area contributed by atoms with Crippen molar-refractivity contribution in [1.82, 2.24) is 4.90 Å². The van der Waals surface area contributed by atoms with Crippen molar-refractivity contribution in [3.63, 3.8) is 0 Å². The van der Waals surface area contributed by atoms with Crippen LogP contribution in [0.3, 0.4) is 0 Å². The number of ether oxygens (including phenoxy) is 1. The Labute approximate surface area is 201 Å². The summed E-state index contributed by atoms with van der Waals surface area (Å²) in [5.74, 6) is -2.38. The number of halogens is 1. The molecular formula is C23H23ClN2O7S. The number of Topliss-reactive ketones (excluding diaryl/α,β-unsaturated/α-hetero) is 1. The van der Waals surface area contributed by atoms with Gasteiger partial charge in [-0.15, -0.1) is 0 Å². The van der Waals surface area contributed by atoms with E-state index in [0.29, 0.717) is 34.4 Å². The average Bonchev–Trinajstić information content (AvgIpc) is 2.97. The molecule has 0 aromatic heterocycles. The van der Waals surface area contributed by atoms with Gasteiger partial charge >= 0.3 is 12.1 Å². The van der Waals surface area contributed by atoms with Gasteiger partial charge in [0.15, 0.2) is 11.4 Å². The number of esters is 1. The van der Waals surface area contributed by atoms with Crippen molar-refractivity contribution in [2.24, 2.45) is 0 Å². The van der Waals surface area contributed by atoms with E-state index in [1.54, 1.807) is 43.3 Å². The molecule has 2 atom stereocenters. The molecule has 2 heterocycles. The van der Waals surface area contributed by atoms with E-state index >= 15 is 0 Å². The van der Waals surface area contributed by atoms with Gasteiger partial charge in [-0.25, -0.2) is 13.2 Å². The maximum Gasteiger partial charge on any atom is 0.407 e. The molecule has 2 aliphatic rings. The van der Waals surface area contributed by atoms with E-state index in [-0.39, 0.29) is 24.5 Å². The number of anilines is 1. The van der Waals surface area contributed by atoms with Crippen LogP contribution in [0.15, 0.2) is 36.4 Å². The van der Waals surface area contributed by atoms with E-state index in [1.165, 1.54) is 0 Å². The van der Waals surface area contributed by atoms with Crippen LogP contribution in [0.1, 0.15) is 29.9 Å². The normalized spacial score (nSPS) is 22.7. The Balaban J connectivity index is 1.68. The highest BCUT2D eigenvalue weighted by atomic mass is 35.5. The molecule has 34 heavy (non-hydrogen) atoms. The molecule has 0 bridgehead atoms. The Kier molecular flexibility index (Phi) is 6.07. The van der Waals surface area contributed by atoms with Crippen LogP contribution in [0, 0.1) is 6.92 Å². The number of rotatable bonds is 4. The molecule has 2 fully saturated rings. The second kappa shape index (κ2) is 8.59. The van der Waals surface area contributed by atoms with Crippen molar-refractivity contribution in [3.8, 4) is 11.1 Å². The minimum absolute atomic E-state index is 0.186. The Bertz CT molecular complexity index is 1310. The number of benzene rings is 2. The quantitative estimate of drug-likeness (QED) is 0.480. The summed E-state index contributed by atoms with van der Waals surface area (Å²) in [4.78, 5) is 38.7. The van der Waals surface area contributed by atoms with Crippen LogP contribution in [0.25, 0.3) is 11.1 Å². The van der Waals surface area contributed by atoms with Gasteiger partial charge in [0, 0.05) is 22.8 Å². The third kappa shape index (κ3) is 4.47. The maximum absolute atomic E-state index is 13.4. The van der Waals surface area contributed by atoms with E-state index < -0.39 is 39.4 Å². The number of amides is 1. The second-order valence-corrected chi connectivity index (χ2v) is 10.8. The lowest BCUT2D eigenvalue weighted by Crippen LogP contribution is -2.53. The summed E-state index contributed by atoms with van der Waals surface area (Å²) in [6.45, 7) is 1.83. The summed E-state index contributed by atoms with van der Waals surface area (Å²) in [6.07, 6.45) is 0.567. The lowest BCUT2D eigenvalue weighted by molar-refractivity contribution is -0.156. The van der Waals surface area contributed by atoms with Gasteiger partial charge < -0.3 is 14.7 Å². The molecule has 2 saturated heterocycles. The maximum atomic E-state index is 13.4. The van der Waals surface area contributed by atoms with E-state index in [1.807, 2.05) is 0 Å². The molecule has 9 nitrogen and oxygen atoms in total. The van der Waals surface area contributed by atoms with E-state index in [4.69, 9.17) is 16.3 Å². The van der Waals surface area contributed by atoms with Crippen LogP contribution in [-0.2, 0) is 24.3 Å². The molecule has 180 valence electrons. The smallest absolute Gasteiger partial charge is 0.407 e. The molecule has 2 aliphatic heterocycles. The SMILES string of the molecule is Cc1cc(-c2cccc(NS(C)(=O)=O)c2)c(Cl)cc1C1C(=O)OC2(CCCN(C(=O)O)C2)C1=O. The number of carbonyl (C=O) groups is 3. The third-order valence-electron chi connectivity index (χ3n) is 6.11. The summed E-state index contributed by atoms with van der Waals surface area (Å²) in [5, 5.41) is 9.61. The first kappa shape index (κ1) is 24.0. The van der Waals surface area contributed by atoms with Crippen LogP contribution >= 0.6 is 11.6 Å².